The number of ether oxygens (including phenoxy) is 1. The topological polar surface area (TPSA) is 59.4 Å². The Kier molecular flexibility index (Phi) is 3.35. The van der Waals surface area contributed by atoms with Crippen LogP contribution in [0.25, 0.3) is 10.9 Å². The third-order valence-electron chi connectivity index (χ3n) is 2.63. The molecule has 88 valence electrons. The van der Waals surface area contributed by atoms with Crippen molar-refractivity contribution in [2.75, 3.05) is 7.11 Å². The Bertz CT molecular complexity index is 534. The number of hydrogen-bond donors (Lipinski definition) is 1. The van der Waals surface area contributed by atoms with Gasteiger partial charge in [-0.3, -0.25) is 9.78 Å². The number of fused-ring (bicyclic) bond motifs is 1. The van der Waals surface area contributed by atoms with E-state index in [-0.39, 0.29) is 6.42 Å². The molecular weight excluding hydrogens is 218 g/mol. The highest BCUT2D eigenvalue weighted by molar-refractivity contribution is 5.83. The van der Waals surface area contributed by atoms with Crippen LogP contribution < -0.4 is 0 Å². The fourth-order valence-electron chi connectivity index (χ4n) is 1.76. The molecule has 0 saturated carbocycles. The Morgan fingerprint density at radius 3 is 2.94 bits per heavy atom. The van der Waals surface area contributed by atoms with Crippen molar-refractivity contribution in [3.63, 3.8) is 0 Å². The molecule has 0 aliphatic rings. The molecule has 0 fully saturated rings. The minimum atomic E-state index is -0.865. The van der Waals surface area contributed by atoms with Crippen molar-refractivity contribution >= 4 is 16.9 Å². The fourth-order valence-corrected chi connectivity index (χ4v) is 1.76. The molecule has 0 bridgehead atoms. The average Bonchev–Trinajstić information content (AvgIpc) is 2.37. The summed E-state index contributed by atoms with van der Waals surface area (Å²) in [7, 11) is 1.31. The number of benzene rings is 1. The van der Waals surface area contributed by atoms with Crippen LogP contribution in [-0.4, -0.2) is 23.2 Å². The number of carbonyl (C=O) groups is 1. The second kappa shape index (κ2) is 4.93. The number of nitrogens with zero attached hydrogens (tertiary/aromatic N) is 1. The molecule has 1 heterocycles. The average molecular weight is 231 g/mol. The van der Waals surface area contributed by atoms with E-state index in [2.05, 4.69) is 9.72 Å². The molecular formula is C13H13NO3. The second-order valence-electron chi connectivity index (χ2n) is 3.71. The van der Waals surface area contributed by atoms with E-state index in [0.717, 1.165) is 10.9 Å². The zero-order valence-electron chi connectivity index (χ0n) is 9.46. The number of methoxy groups -OCH3 is 1. The quantitative estimate of drug-likeness (QED) is 0.819. The first kappa shape index (κ1) is 11.5. The summed E-state index contributed by atoms with van der Waals surface area (Å²) in [5.74, 6) is -0.432. The van der Waals surface area contributed by atoms with Crippen LogP contribution in [0.3, 0.4) is 0 Å². The first-order valence-electron chi connectivity index (χ1n) is 5.31. The maximum absolute atomic E-state index is 11.1. The van der Waals surface area contributed by atoms with Crippen molar-refractivity contribution in [3.8, 4) is 0 Å². The molecule has 0 amide bonds. The zero-order valence-corrected chi connectivity index (χ0v) is 9.46. The summed E-state index contributed by atoms with van der Waals surface area (Å²) in [4.78, 5) is 15.3. The molecule has 2 aromatic rings. The lowest BCUT2D eigenvalue weighted by molar-refractivity contribution is -0.142. The molecule has 0 radical (unpaired) electrons. The monoisotopic (exact) mass is 231 g/mol. The number of rotatable bonds is 3. The summed E-state index contributed by atoms with van der Waals surface area (Å²) in [5.41, 5.74) is 1.50. The lowest BCUT2D eigenvalue weighted by Crippen LogP contribution is -2.08. The van der Waals surface area contributed by atoms with E-state index < -0.39 is 12.1 Å². The molecule has 17 heavy (non-hydrogen) atoms. The van der Waals surface area contributed by atoms with Gasteiger partial charge < -0.3 is 9.84 Å². The van der Waals surface area contributed by atoms with Crippen LogP contribution in [0.4, 0.5) is 0 Å². The molecule has 1 aromatic carbocycles. The van der Waals surface area contributed by atoms with E-state index >= 15 is 0 Å². The number of aliphatic hydroxyl groups excluding tert-OH is 1. The largest absolute Gasteiger partial charge is 0.469 e. The highest BCUT2D eigenvalue weighted by atomic mass is 16.5. The molecule has 0 saturated heterocycles. The number of aromatic nitrogens is 1. The smallest absolute Gasteiger partial charge is 0.308 e. The third kappa shape index (κ3) is 2.42. The van der Waals surface area contributed by atoms with Gasteiger partial charge in [0.15, 0.2) is 0 Å². The molecule has 0 aliphatic heterocycles. The van der Waals surface area contributed by atoms with Crippen LogP contribution in [0.2, 0.25) is 0 Å². The van der Waals surface area contributed by atoms with Crippen LogP contribution in [0, 0.1) is 0 Å². The van der Waals surface area contributed by atoms with Crippen LogP contribution >= 0.6 is 0 Å². The molecule has 0 spiro atoms. The summed E-state index contributed by atoms with van der Waals surface area (Å²) in [5, 5.41) is 10.8. The van der Waals surface area contributed by atoms with Gasteiger partial charge in [0.2, 0.25) is 0 Å². The van der Waals surface area contributed by atoms with Crippen molar-refractivity contribution < 1.29 is 14.6 Å². The summed E-state index contributed by atoms with van der Waals surface area (Å²) in [6.45, 7) is 0. The minimum absolute atomic E-state index is 0.0511. The van der Waals surface area contributed by atoms with Crippen molar-refractivity contribution in [1.29, 1.82) is 0 Å². The van der Waals surface area contributed by atoms with Gasteiger partial charge in [0.05, 0.1) is 25.2 Å². The van der Waals surface area contributed by atoms with E-state index in [9.17, 15) is 9.90 Å². The van der Waals surface area contributed by atoms with Gasteiger partial charge in [0, 0.05) is 11.6 Å². The van der Waals surface area contributed by atoms with Crippen molar-refractivity contribution in [2.24, 2.45) is 0 Å². The predicted molar refractivity (Wildman–Crippen MR) is 63.3 cm³/mol. The SMILES string of the molecule is COC(=O)C[C@H](O)c1ccnc2ccccc12. The first-order chi connectivity index (χ1) is 8.22. The summed E-state index contributed by atoms with van der Waals surface area (Å²) in [6.07, 6.45) is 0.707. The highest BCUT2D eigenvalue weighted by Crippen LogP contribution is 2.24. The van der Waals surface area contributed by atoms with Crippen LogP contribution in [0.5, 0.6) is 0 Å². The molecule has 0 unspecified atom stereocenters. The van der Waals surface area contributed by atoms with Crippen molar-refractivity contribution in [3.05, 3.63) is 42.1 Å². The lowest BCUT2D eigenvalue weighted by atomic mass is 10.0. The Labute approximate surface area is 98.9 Å². The van der Waals surface area contributed by atoms with Crippen molar-refractivity contribution in [2.45, 2.75) is 12.5 Å². The lowest BCUT2D eigenvalue weighted by Gasteiger charge is -2.11. The van der Waals surface area contributed by atoms with Gasteiger partial charge in [-0.15, -0.1) is 0 Å². The third-order valence-corrected chi connectivity index (χ3v) is 2.63. The standard InChI is InChI=1S/C13H13NO3/c1-17-13(16)8-12(15)10-6-7-14-11-5-3-2-4-9(10)11/h2-7,12,15H,8H2,1H3/t12-/m0/s1. The molecule has 4 heteroatoms. The number of esters is 1. The summed E-state index contributed by atoms with van der Waals surface area (Å²) in [6, 6.07) is 9.21. The van der Waals surface area contributed by atoms with Gasteiger partial charge >= 0.3 is 5.97 Å². The van der Waals surface area contributed by atoms with Gasteiger partial charge in [0.1, 0.15) is 0 Å². The number of aliphatic hydroxyl groups is 1. The van der Waals surface area contributed by atoms with Crippen molar-refractivity contribution in [1.82, 2.24) is 4.98 Å². The van der Waals surface area contributed by atoms with E-state index in [4.69, 9.17) is 0 Å². The molecule has 1 aromatic heterocycles. The van der Waals surface area contributed by atoms with E-state index in [1.54, 1.807) is 12.3 Å². The van der Waals surface area contributed by atoms with Gasteiger partial charge in [-0.1, -0.05) is 18.2 Å². The van der Waals surface area contributed by atoms with Crippen LogP contribution in [-0.2, 0) is 9.53 Å². The number of para-hydroxylation sites is 1. The maximum Gasteiger partial charge on any atom is 0.308 e. The van der Waals surface area contributed by atoms with Crippen LogP contribution in [0.1, 0.15) is 18.1 Å². The van der Waals surface area contributed by atoms with Gasteiger partial charge in [-0.05, 0) is 17.7 Å². The molecule has 1 N–H and O–H groups in total. The Morgan fingerprint density at radius 1 is 1.41 bits per heavy atom. The Hall–Kier alpha value is -1.94. The molecule has 0 aliphatic carbocycles. The Morgan fingerprint density at radius 2 is 2.18 bits per heavy atom. The highest BCUT2D eigenvalue weighted by Gasteiger charge is 2.15. The summed E-state index contributed by atoms with van der Waals surface area (Å²) < 4.78 is 4.54. The predicted octanol–water partition coefficient (Wildman–Crippen LogP) is 1.83. The number of hydrogen-bond acceptors (Lipinski definition) is 4. The normalized spacial score (nSPS) is 12.4. The Balaban J connectivity index is 2.38. The molecule has 2 rings (SSSR count). The number of pyridine rings is 1. The van der Waals surface area contributed by atoms with E-state index in [0.29, 0.717) is 5.56 Å². The number of carbonyl (C=O) groups excluding carboxylic acids is 1. The molecule has 1 atom stereocenters. The van der Waals surface area contributed by atoms with Gasteiger partial charge in [-0.2, -0.15) is 0 Å². The van der Waals surface area contributed by atoms with Crippen LogP contribution in [0.15, 0.2) is 36.5 Å². The fraction of sp³-hybridized carbons (Fsp3) is 0.231. The van der Waals surface area contributed by atoms with E-state index in [1.165, 1.54) is 7.11 Å². The maximum atomic E-state index is 11.1. The molecule has 4 nitrogen and oxygen atoms in total. The van der Waals surface area contributed by atoms with E-state index in [1.807, 2.05) is 24.3 Å². The zero-order chi connectivity index (χ0) is 12.3. The van der Waals surface area contributed by atoms with Gasteiger partial charge in [0.25, 0.3) is 0 Å². The minimum Gasteiger partial charge on any atom is -0.469 e. The summed E-state index contributed by atoms with van der Waals surface area (Å²) >= 11 is 0. The van der Waals surface area contributed by atoms with Gasteiger partial charge in [-0.25, -0.2) is 0 Å². The second-order valence-corrected chi connectivity index (χ2v) is 3.71. The first-order valence-corrected chi connectivity index (χ1v) is 5.31.